The standard InChI is InChI=1S/C13H16N2O3/c16-12(15-10-3-4-10)6-5-11(13(17)18)9-2-1-7-14-8-9/h1-2,7-8,10-11H,3-6H2,(H,15,16)(H,17,18). The van der Waals surface area contributed by atoms with Gasteiger partial charge in [0, 0.05) is 24.9 Å². The number of nitrogens with zero attached hydrogens (tertiary/aromatic N) is 1. The number of aromatic nitrogens is 1. The van der Waals surface area contributed by atoms with E-state index >= 15 is 0 Å². The molecule has 5 heteroatoms. The molecule has 5 nitrogen and oxygen atoms in total. The molecule has 1 amide bonds. The van der Waals surface area contributed by atoms with E-state index < -0.39 is 11.9 Å². The summed E-state index contributed by atoms with van der Waals surface area (Å²) < 4.78 is 0. The molecule has 1 heterocycles. The highest BCUT2D eigenvalue weighted by molar-refractivity contribution is 5.79. The van der Waals surface area contributed by atoms with Crippen LogP contribution in [0.1, 0.15) is 37.2 Å². The van der Waals surface area contributed by atoms with Gasteiger partial charge in [0.15, 0.2) is 0 Å². The number of carboxylic acid groups (broad SMARTS) is 1. The van der Waals surface area contributed by atoms with Crippen molar-refractivity contribution in [1.29, 1.82) is 0 Å². The van der Waals surface area contributed by atoms with Crippen molar-refractivity contribution in [3.8, 4) is 0 Å². The first-order valence-corrected chi connectivity index (χ1v) is 6.09. The summed E-state index contributed by atoms with van der Waals surface area (Å²) >= 11 is 0. The Labute approximate surface area is 105 Å². The summed E-state index contributed by atoms with van der Waals surface area (Å²) in [4.78, 5) is 26.6. The van der Waals surface area contributed by atoms with E-state index in [0.717, 1.165) is 12.8 Å². The molecule has 0 spiro atoms. The molecule has 0 aromatic carbocycles. The fourth-order valence-electron chi connectivity index (χ4n) is 1.82. The quantitative estimate of drug-likeness (QED) is 0.795. The van der Waals surface area contributed by atoms with Crippen molar-refractivity contribution in [3.63, 3.8) is 0 Å². The Morgan fingerprint density at radius 3 is 2.83 bits per heavy atom. The topological polar surface area (TPSA) is 79.3 Å². The summed E-state index contributed by atoms with van der Waals surface area (Å²) in [7, 11) is 0. The molecule has 1 fully saturated rings. The molecular formula is C13H16N2O3. The lowest BCUT2D eigenvalue weighted by molar-refractivity contribution is -0.139. The summed E-state index contributed by atoms with van der Waals surface area (Å²) in [5, 5.41) is 12.0. The lowest BCUT2D eigenvalue weighted by Crippen LogP contribution is -2.26. The van der Waals surface area contributed by atoms with Gasteiger partial charge < -0.3 is 10.4 Å². The first kappa shape index (κ1) is 12.5. The minimum absolute atomic E-state index is 0.0624. The fraction of sp³-hybridized carbons (Fsp3) is 0.462. The molecule has 96 valence electrons. The monoisotopic (exact) mass is 248 g/mol. The van der Waals surface area contributed by atoms with Crippen LogP contribution in [0.3, 0.4) is 0 Å². The summed E-state index contributed by atoms with van der Waals surface area (Å²) in [6.07, 6.45) is 5.76. The van der Waals surface area contributed by atoms with Crippen molar-refractivity contribution in [2.24, 2.45) is 0 Å². The number of carboxylic acids is 1. The Bertz CT molecular complexity index is 429. The maximum atomic E-state index is 11.5. The van der Waals surface area contributed by atoms with Crippen molar-refractivity contribution in [1.82, 2.24) is 10.3 Å². The first-order valence-electron chi connectivity index (χ1n) is 6.09. The van der Waals surface area contributed by atoms with Crippen LogP contribution < -0.4 is 5.32 Å². The molecule has 2 N–H and O–H groups in total. The molecule has 0 aliphatic heterocycles. The van der Waals surface area contributed by atoms with Crippen LogP contribution in [0, 0.1) is 0 Å². The van der Waals surface area contributed by atoms with Crippen molar-refractivity contribution in [3.05, 3.63) is 30.1 Å². The molecule has 18 heavy (non-hydrogen) atoms. The van der Waals surface area contributed by atoms with E-state index in [1.54, 1.807) is 18.3 Å². The molecule has 1 unspecified atom stereocenters. The zero-order valence-corrected chi connectivity index (χ0v) is 10.0. The van der Waals surface area contributed by atoms with E-state index in [9.17, 15) is 14.7 Å². The van der Waals surface area contributed by atoms with E-state index in [-0.39, 0.29) is 12.3 Å². The minimum Gasteiger partial charge on any atom is -0.481 e. The Morgan fingerprint density at radius 2 is 2.28 bits per heavy atom. The smallest absolute Gasteiger partial charge is 0.311 e. The molecule has 0 bridgehead atoms. The average Bonchev–Trinajstić information content (AvgIpc) is 3.14. The van der Waals surface area contributed by atoms with Gasteiger partial charge in [0.25, 0.3) is 0 Å². The van der Waals surface area contributed by atoms with Crippen LogP contribution in [0.2, 0.25) is 0 Å². The number of hydrogen-bond donors (Lipinski definition) is 2. The van der Waals surface area contributed by atoms with E-state index in [2.05, 4.69) is 10.3 Å². The predicted octanol–water partition coefficient (Wildman–Crippen LogP) is 1.31. The summed E-state index contributed by atoms with van der Waals surface area (Å²) in [6.45, 7) is 0. The van der Waals surface area contributed by atoms with Crippen LogP contribution in [0.25, 0.3) is 0 Å². The molecule has 0 radical (unpaired) electrons. The highest BCUT2D eigenvalue weighted by atomic mass is 16.4. The van der Waals surface area contributed by atoms with Gasteiger partial charge >= 0.3 is 5.97 Å². The largest absolute Gasteiger partial charge is 0.481 e. The number of aliphatic carboxylic acids is 1. The van der Waals surface area contributed by atoms with Gasteiger partial charge in [-0.05, 0) is 30.9 Å². The van der Waals surface area contributed by atoms with Crippen LogP contribution in [-0.2, 0) is 9.59 Å². The number of pyridine rings is 1. The third-order valence-electron chi connectivity index (χ3n) is 2.99. The second-order valence-corrected chi connectivity index (χ2v) is 4.56. The van der Waals surface area contributed by atoms with E-state index in [0.29, 0.717) is 18.0 Å². The Kier molecular flexibility index (Phi) is 3.92. The number of rotatable bonds is 6. The molecule has 1 saturated carbocycles. The van der Waals surface area contributed by atoms with Crippen LogP contribution in [0.5, 0.6) is 0 Å². The zero-order chi connectivity index (χ0) is 13.0. The lowest BCUT2D eigenvalue weighted by Gasteiger charge is -2.11. The zero-order valence-electron chi connectivity index (χ0n) is 10.0. The highest BCUT2D eigenvalue weighted by Crippen LogP contribution is 2.22. The number of carbonyl (C=O) groups excluding carboxylic acids is 1. The Morgan fingerprint density at radius 1 is 1.50 bits per heavy atom. The molecule has 2 rings (SSSR count). The molecule has 1 aliphatic rings. The van der Waals surface area contributed by atoms with Crippen molar-refractivity contribution >= 4 is 11.9 Å². The first-order chi connectivity index (χ1) is 8.66. The van der Waals surface area contributed by atoms with Crippen LogP contribution >= 0.6 is 0 Å². The maximum Gasteiger partial charge on any atom is 0.311 e. The number of amides is 1. The van der Waals surface area contributed by atoms with E-state index in [4.69, 9.17) is 0 Å². The van der Waals surface area contributed by atoms with E-state index in [1.807, 2.05) is 0 Å². The lowest BCUT2D eigenvalue weighted by atomic mass is 9.95. The van der Waals surface area contributed by atoms with Gasteiger partial charge in [-0.25, -0.2) is 0 Å². The van der Waals surface area contributed by atoms with Gasteiger partial charge in [0.1, 0.15) is 0 Å². The fourth-order valence-corrected chi connectivity index (χ4v) is 1.82. The van der Waals surface area contributed by atoms with Crippen molar-refractivity contribution < 1.29 is 14.7 Å². The Hall–Kier alpha value is -1.91. The number of hydrogen-bond acceptors (Lipinski definition) is 3. The predicted molar refractivity (Wildman–Crippen MR) is 65.0 cm³/mol. The van der Waals surface area contributed by atoms with Crippen molar-refractivity contribution in [2.45, 2.75) is 37.6 Å². The third kappa shape index (κ3) is 3.55. The van der Waals surface area contributed by atoms with Gasteiger partial charge in [-0.2, -0.15) is 0 Å². The van der Waals surface area contributed by atoms with Gasteiger partial charge in [-0.15, -0.1) is 0 Å². The van der Waals surface area contributed by atoms with Crippen molar-refractivity contribution in [2.75, 3.05) is 0 Å². The summed E-state index contributed by atoms with van der Waals surface area (Å²) in [5.41, 5.74) is 0.643. The normalized spacial score (nSPS) is 16.0. The van der Waals surface area contributed by atoms with Crippen LogP contribution in [0.4, 0.5) is 0 Å². The SMILES string of the molecule is O=C(CCC(C(=O)O)c1cccnc1)NC1CC1. The van der Waals surface area contributed by atoms with Crippen LogP contribution in [0.15, 0.2) is 24.5 Å². The Balaban J connectivity index is 1.90. The molecule has 1 aliphatic carbocycles. The summed E-state index contributed by atoms with van der Waals surface area (Å²) in [5.74, 6) is -1.64. The minimum atomic E-state index is -0.915. The molecule has 1 atom stereocenters. The second kappa shape index (κ2) is 5.62. The summed E-state index contributed by atoms with van der Waals surface area (Å²) in [6, 6.07) is 3.75. The van der Waals surface area contributed by atoms with Gasteiger partial charge in [-0.3, -0.25) is 14.6 Å². The number of nitrogens with one attached hydrogen (secondary N) is 1. The highest BCUT2D eigenvalue weighted by Gasteiger charge is 2.25. The molecular weight excluding hydrogens is 232 g/mol. The third-order valence-corrected chi connectivity index (χ3v) is 2.99. The average molecular weight is 248 g/mol. The van der Waals surface area contributed by atoms with Crippen LogP contribution in [-0.4, -0.2) is 28.0 Å². The molecule has 0 saturated heterocycles. The van der Waals surface area contributed by atoms with Gasteiger partial charge in [0.05, 0.1) is 5.92 Å². The van der Waals surface area contributed by atoms with E-state index in [1.165, 1.54) is 6.20 Å². The van der Waals surface area contributed by atoms with Gasteiger partial charge in [-0.1, -0.05) is 6.07 Å². The van der Waals surface area contributed by atoms with Gasteiger partial charge in [0.2, 0.25) is 5.91 Å². The molecule has 1 aromatic heterocycles. The molecule has 1 aromatic rings. The number of carbonyl (C=O) groups is 2. The second-order valence-electron chi connectivity index (χ2n) is 4.56. The maximum absolute atomic E-state index is 11.5.